The van der Waals surface area contributed by atoms with Gasteiger partial charge in [0.05, 0.1) is 30.6 Å². The Labute approximate surface area is 141 Å². The summed E-state index contributed by atoms with van der Waals surface area (Å²) >= 11 is 1.68. The van der Waals surface area contributed by atoms with Crippen molar-refractivity contribution in [2.45, 2.75) is 6.42 Å². The van der Waals surface area contributed by atoms with Crippen LogP contribution in [-0.4, -0.2) is 41.4 Å². The molecule has 22 heavy (non-hydrogen) atoms. The SMILES string of the molecule is NN=C(C=Nc1ccc(N2CCOCC2=O)cc1)CC(=O)I. The predicted molar refractivity (Wildman–Crippen MR) is 93.0 cm³/mol. The number of hydrogen-bond acceptors (Lipinski definition) is 6. The minimum atomic E-state index is -0.0607. The minimum Gasteiger partial charge on any atom is -0.370 e. The van der Waals surface area contributed by atoms with Crippen LogP contribution >= 0.6 is 22.6 Å². The molecule has 1 fully saturated rings. The molecule has 2 N–H and O–H groups in total. The number of morpholine rings is 1. The van der Waals surface area contributed by atoms with Crippen LogP contribution in [0.25, 0.3) is 0 Å². The first-order valence-corrected chi connectivity index (χ1v) is 7.65. The van der Waals surface area contributed by atoms with Gasteiger partial charge in [-0.05, 0) is 46.9 Å². The van der Waals surface area contributed by atoms with Crippen LogP contribution in [0.3, 0.4) is 0 Å². The molecule has 8 heteroatoms. The van der Waals surface area contributed by atoms with E-state index in [-0.39, 0.29) is 22.7 Å². The lowest BCUT2D eigenvalue weighted by Gasteiger charge is -2.26. The summed E-state index contributed by atoms with van der Waals surface area (Å²) in [5.74, 6) is 5.15. The van der Waals surface area contributed by atoms with Crippen LogP contribution in [-0.2, 0) is 14.3 Å². The summed E-state index contributed by atoms with van der Waals surface area (Å²) in [6.45, 7) is 1.19. The minimum absolute atomic E-state index is 0.0550. The molecule has 0 saturated carbocycles. The van der Waals surface area contributed by atoms with E-state index in [9.17, 15) is 9.59 Å². The van der Waals surface area contributed by atoms with E-state index < -0.39 is 0 Å². The molecule has 0 atom stereocenters. The van der Waals surface area contributed by atoms with Gasteiger partial charge in [0.1, 0.15) is 6.61 Å². The van der Waals surface area contributed by atoms with Crippen molar-refractivity contribution in [1.29, 1.82) is 0 Å². The molecular formula is C14H15IN4O3. The molecule has 1 aromatic rings. The van der Waals surface area contributed by atoms with E-state index in [4.69, 9.17) is 10.6 Å². The number of nitrogens with two attached hydrogens (primary N) is 1. The molecule has 0 bridgehead atoms. The molecule has 116 valence electrons. The largest absolute Gasteiger partial charge is 0.370 e. The zero-order valence-electron chi connectivity index (χ0n) is 11.7. The van der Waals surface area contributed by atoms with Gasteiger partial charge in [-0.1, -0.05) is 0 Å². The van der Waals surface area contributed by atoms with E-state index in [0.717, 1.165) is 5.69 Å². The molecule has 1 heterocycles. The van der Waals surface area contributed by atoms with E-state index in [2.05, 4.69) is 10.1 Å². The third kappa shape index (κ3) is 4.60. The van der Waals surface area contributed by atoms with E-state index >= 15 is 0 Å². The fourth-order valence-corrected chi connectivity index (χ4v) is 2.32. The number of ether oxygens (including phenoxy) is 1. The molecule has 0 aliphatic carbocycles. The van der Waals surface area contributed by atoms with Crippen LogP contribution < -0.4 is 10.7 Å². The standard InChI is InChI=1S/C14H15IN4O3/c15-13(20)7-11(18-16)8-17-10-1-3-12(4-2-10)19-5-6-22-9-14(19)21/h1-4,8H,5-7,9,16H2. The molecule has 1 saturated heterocycles. The Morgan fingerprint density at radius 2 is 2.14 bits per heavy atom. The first-order valence-electron chi connectivity index (χ1n) is 6.57. The Balaban J connectivity index is 2.05. The van der Waals surface area contributed by atoms with Gasteiger partial charge < -0.3 is 15.5 Å². The molecular weight excluding hydrogens is 399 g/mol. The number of anilines is 1. The van der Waals surface area contributed by atoms with Gasteiger partial charge in [0.25, 0.3) is 5.91 Å². The van der Waals surface area contributed by atoms with Gasteiger partial charge in [-0.15, -0.1) is 0 Å². The second-order valence-corrected chi connectivity index (χ2v) is 5.73. The van der Waals surface area contributed by atoms with Crippen LogP contribution in [0.5, 0.6) is 0 Å². The smallest absolute Gasteiger partial charge is 0.253 e. The summed E-state index contributed by atoms with van der Waals surface area (Å²) in [6, 6.07) is 7.21. The highest BCUT2D eigenvalue weighted by molar-refractivity contribution is 14.1. The maximum Gasteiger partial charge on any atom is 0.253 e. The van der Waals surface area contributed by atoms with Gasteiger partial charge in [-0.2, -0.15) is 5.10 Å². The second-order valence-electron chi connectivity index (χ2n) is 4.52. The number of hydrogen-bond donors (Lipinski definition) is 1. The van der Waals surface area contributed by atoms with Gasteiger partial charge >= 0.3 is 0 Å². The Hall–Kier alpha value is -1.81. The van der Waals surface area contributed by atoms with Gasteiger partial charge in [-0.25, -0.2) is 0 Å². The normalized spacial score (nSPS) is 16.3. The number of nitrogens with zero attached hydrogens (tertiary/aromatic N) is 3. The average molecular weight is 414 g/mol. The van der Waals surface area contributed by atoms with Crippen molar-refractivity contribution < 1.29 is 14.3 Å². The molecule has 1 aromatic carbocycles. The van der Waals surface area contributed by atoms with Crippen LogP contribution in [0.15, 0.2) is 34.4 Å². The van der Waals surface area contributed by atoms with Crippen LogP contribution in [0.4, 0.5) is 11.4 Å². The predicted octanol–water partition coefficient (Wildman–Crippen LogP) is 1.42. The van der Waals surface area contributed by atoms with Crippen molar-refractivity contribution in [3.63, 3.8) is 0 Å². The zero-order valence-corrected chi connectivity index (χ0v) is 13.9. The highest BCUT2D eigenvalue weighted by Gasteiger charge is 2.19. The molecule has 7 nitrogen and oxygen atoms in total. The summed E-state index contributed by atoms with van der Waals surface area (Å²) in [5, 5.41) is 3.52. The quantitative estimate of drug-likeness (QED) is 0.259. The number of halogens is 1. The van der Waals surface area contributed by atoms with Crippen molar-refractivity contribution >= 4 is 55.6 Å². The Bertz CT molecular complexity index is 613. The van der Waals surface area contributed by atoms with Crippen LogP contribution in [0.1, 0.15) is 6.42 Å². The molecule has 1 amide bonds. The summed E-state index contributed by atoms with van der Waals surface area (Å²) in [6.07, 6.45) is 1.60. The lowest BCUT2D eigenvalue weighted by atomic mass is 10.2. The van der Waals surface area contributed by atoms with Crippen LogP contribution in [0.2, 0.25) is 0 Å². The first-order chi connectivity index (χ1) is 10.6. The van der Waals surface area contributed by atoms with Gasteiger partial charge in [0, 0.05) is 12.2 Å². The molecule has 2 rings (SSSR count). The Morgan fingerprint density at radius 3 is 2.73 bits per heavy atom. The number of amides is 1. The average Bonchev–Trinajstić information content (AvgIpc) is 2.52. The zero-order chi connectivity index (χ0) is 15.9. The van der Waals surface area contributed by atoms with E-state index in [1.54, 1.807) is 39.6 Å². The maximum atomic E-state index is 11.7. The third-order valence-electron chi connectivity index (χ3n) is 3.00. The second kappa shape index (κ2) is 7.99. The monoisotopic (exact) mass is 414 g/mol. The number of hydrazone groups is 1. The fraction of sp³-hybridized carbons (Fsp3) is 0.286. The Morgan fingerprint density at radius 1 is 1.41 bits per heavy atom. The topological polar surface area (TPSA) is 97.3 Å². The summed E-state index contributed by atoms with van der Waals surface area (Å²) in [4.78, 5) is 28.7. The molecule has 0 radical (unpaired) electrons. The number of rotatable bonds is 5. The fourth-order valence-electron chi connectivity index (χ4n) is 1.93. The first kappa shape index (κ1) is 16.6. The van der Waals surface area contributed by atoms with Crippen molar-refractivity contribution in [1.82, 2.24) is 0 Å². The van der Waals surface area contributed by atoms with E-state index in [1.165, 1.54) is 6.21 Å². The molecule has 0 unspecified atom stereocenters. The molecule has 1 aliphatic rings. The highest BCUT2D eigenvalue weighted by Crippen LogP contribution is 2.21. The number of carbonyl (C=O) groups excluding carboxylic acids is 2. The maximum absolute atomic E-state index is 11.7. The van der Waals surface area contributed by atoms with Crippen molar-refractivity contribution in [3.8, 4) is 0 Å². The van der Waals surface area contributed by atoms with Gasteiger partial charge in [-0.3, -0.25) is 14.6 Å². The lowest BCUT2D eigenvalue weighted by Crippen LogP contribution is -2.41. The lowest BCUT2D eigenvalue weighted by molar-refractivity contribution is -0.125. The number of carbonyl (C=O) groups is 2. The Kier molecular flexibility index (Phi) is 6.01. The number of benzene rings is 1. The number of aliphatic imine (C=N–C) groups is 1. The van der Waals surface area contributed by atoms with Crippen molar-refractivity contribution in [2.24, 2.45) is 15.9 Å². The molecule has 1 aliphatic heterocycles. The molecule has 0 aromatic heterocycles. The molecule has 0 spiro atoms. The van der Waals surface area contributed by atoms with Gasteiger partial charge in [0.15, 0.2) is 3.79 Å². The van der Waals surface area contributed by atoms with Crippen LogP contribution in [0, 0.1) is 0 Å². The van der Waals surface area contributed by atoms with Crippen molar-refractivity contribution in [3.05, 3.63) is 24.3 Å². The van der Waals surface area contributed by atoms with Crippen molar-refractivity contribution in [2.75, 3.05) is 24.7 Å². The van der Waals surface area contributed by atoms with E-state index in [1.807, 2.05) is 12.1 Å². The third-order valence-corrected chi connectivity index (χ3v) is 3.38. The summed E-state index contributed by atoms with van der Waals surface area (Å²) in [7, 11) is 0. The van der Waals surface area contributed by atoms with E-state index in [0.29, 0.717) is 24.6 Å². The van der Waals surface area contributed by atoms with Gasteiger partial charge in [0.2, 0.25) is 0 Å². The summed E-state index contributed by atoms with van der Waals surface area (Å²) < 4.78 is 5.04. The summed E-state index contributed by atoms with van der Waals surface area (Å²) in [5.41, 5.74) is 1.90. The highest BCUT2D eigenvalue weighted by atomic mass is 127.